The quantitative estimate of drug-likeness (QED) is 0.514. The van der Waals surface area contributed by atoms with E-state index in [0.29, 0.717) is 12.0 Å². The average molecular weight is 183 g/mol. The molecule has 0 bridgehead atoms. The molecule has 0 aliphatic carbocycles. The van der Waals surface area contributed by atoms with Crippen LogP contribution >= 0.6 is 0 Å². The van der Waals surface area contributed by atoms with Crippen molar-refractivity contribution in [3.8, 4) is 0 Å². The molecule has 2 rings (SSSR count). The molecule has 2 atom stereocenters. The third-order valence-electron chi connectivity index (χ3n) is 3.03. The fraction of sp³-hybridized carbons (Fsp3) is 0.778. The van der Waals surface area contributed by atoms with Gasteiger partial charge in [-0.3, -0.25) is 7.05 Å². The summed E-state index contributed by atoms with van der Waals surface area (Å²) in [6.45, 7) is 2.74. The van der Waals surface area contributed by atoms with Gasteiger partial charge in [-0.2, -0.15) is 0 Å². The van der Waals surface area contributed by atoms with Gasteiger partial charge in [-0.1, -0.05) is 0 Å². The number of hydrogen-bond acceptors (Lipinski definition) is 3. The lowest BCUT2D eigenvalue weighted by Gasteiger charge is -2.24. The topological polar surface area (TPSA) is 32.8 Å². The summed E-state index contributed by atoms with van der Waals surface area (Å²) in [5.74, 6) is 0.608. The van der Waals surface area contributed by atoms with Crippen molar-refractivity contribution in [1.82, 2.24) is 9.80 Å². The van der Waals surface area contributed by atoms with Crippen LogP contribution in [0.2, 0.25) is 0 Å². The van der Waals surface area contributed by atoms with Gasteiger partial charge < -0.3 is 14.5 Å². The second-order valence-electron chi connectivity index (χ2n) is 3.82. The Kier molecular flexibility index (Phi) is 2.15. The zero-order valence-electron chi connectivity index (χ0n) is 7.90. The van der Waals surface area contributed by atoms with Crippen LogP contribution in [0.25, 0.3) is 0 Å². The maximum Gasteiger partial charge on any atom is 0.409 e. The highest BCUT2D eigenvalue weighted by atomic mass is 16.5. The van der Waals surface area contributed by atoms with Crippen LogP contribution in [0.4, 0.5) is 4.79 Å². The van der Waals surface area contributed by atoms with Gasteiger partial charge in [-0.05, 0) is 25.4 Å². The second kappa shape index (κ2) is 3.18. The van der Waals surface area contributed by atoms with Crippen molar-refractivity contribution >= 4 is 6.09 Å². The number of likely N-dealkylation sites (tertiary alicyclic amines) is 2. The molecule has 2 aliphatic heterocycles. The minimum absolute atomic E-state index is 0.192. The highest BCUT2D eigenvalue weighted by Crippen LogP contribution is 2.31. The number of rotatable bonds is 0. The third-order valence-corrected chi connectivity index (χ3v) is 3.03. The van der Waals surface area contributed by atoms with Gasteiger partial charge in [0.15, 0.2) is 0 Å². The van der Waals surface area contributed by atoms with Gasteiger partial charge in [0.05, 0.1) is 7.11 Å². The number of methoxy groups -OCH3 is 1. The highest BCUT2D eigenvalue weighted by molar-refractivity contribution is 5.68. The van der Waals surface area contributed by atoms with E-state index in [1.165, 1.54) is 7.11 Å². The van der Waals surface area contributed by atoms with Crippen LogP contribution < -0.4 is 0 Å². The zero-order valence-corrected chi connectivity index (χ0v) is 7.90. The molecule has 4 nitrogen and oxygen atoms in total. The van der Waals surface area contributed by atoms with E-state index in [1.807, 2.05) is 9.80 Å². The van der Waals surface area contributed by atoms with Crippen LogP contribution in [0.1, 0.15) is 6.42 Å². The molecular formula is C9H15N2O2-. The molecule has 1 amide bonds. The molecule has 0 aromatic rings. The predicted octanol–water partition coefficient (Wildman–Crippen LogP) is 0.550. The van der Waals surface area contributed by atoms with E-state index in [-0.39, 0.29) is 6.09 Å². The van der Waals surface area contributed by atoms with Crippen molar-refractivity contribution in [3.05, 3.63) is 7.05 Å². The minimum Gasteiger partial charge on any atom is -0.457 e. The molecule has 2 saturated heterocycles. The Labute approximate surface area is 78.4 Å². The van der Waals surface area contributed by atoms with Crippen LogP contribution in [0.15, 0.2) is 0 Å². The summed E-state index contributed by atoms with van der Waals surface area (Å²) in [5, 5.41) is 0. The lowest BCUT2D eigenvalue weighted by molar-refractivity contribution is 0.117. The van der Waals surface area contributed by atoms with Crippen molar-refractivity contribution in [2.75, 3.05) is 26.7 Å². The van der Waals surface area contributed by atoms with Gasteiger partial charge in [0.25, 0.3) is 0 Å². The number of ether oxygens (including phenoxy) is 1. The second-order valence-corrected chi connectivity index (χ2v) is 3.82. The van der Waals surface area contributed by atoms with E-state index in [1.54, 1.807) is 0 Å². The molecule has 4 heteroatoms. The van der Waals surface area contributed by atoms with Gasteiger partial charge in [0, 0.05) is 12.6 Å². The summed E-state index contributed by atoms with van der Waals surface area (Å²) in [4.78, 5) is 15.2. The third kappa shape index (κ3) is 1.39. The number of fused-ring (bicyclic) bond motifs is 1. The lowest BCUT2D eigenvalue weighted by Crippen LogP contribution is -2.38. The van der Waals surface area contributed by atoms with Gasteiger partial charge in [-0.25, -0.2) is 4.79 Å². The smallest absolute Gasteiger partial charge is 0.409 e. The summed E-state index contributed by atoms with van der Waals surface area (Å²) >= 11 is 0. The zero-order chi connectivity index (χ0) is 9.42. The first kappa shape index (κ1) is 8.81. The van der Waals surface area contributed by atoms with Crippen molar-refractivity contribution in [1.29, 1.82) is 0 Å². The van der Waals surface area contributed by atoms with E-state index in [4.69, 9.17) is 4.74 Å². The van der Waals surface area contributed by atoms with Gasteiger partial charge in [-0.15, -0.1) is 0 Å². The maximum absolute atomic E-state index is 11.3. The number of carbonyl (C=O) groups excluding carboxylic acids is 1. The van der Waals surface area contributed by atoms with E-state index in [0.717, 1.165) is 26.1 Å². The molecule has 2 heterocycles. The molecule has 2 aliphatic rings. The predicted molar refractivity (Wildman–Crippen MR) is 47.9 cm³/mol. The summed E-state index contributed by atoms with van der Waals surface area (Å²) in [6.07, 6.45) is 0.897. The number of carbonyl (C=O) groups is 1. The molecule has 0 aromatic heterocycles. The fourth-order valence-corrected chi connectivity index (χ4v) is 2.39. The van der Waals surface area contributed by atoms with Crippen molar-refractivity contribution in [2.24, 2.45) is 5.92 Å². The lowest BCUT2D eigenvalue weighted by atomic mass is 10.1. The molecular weight excluding hydrogens is 168 g/mol. The van der Waals surface area contributed by atoms with E-state index in [9.17, 15) is 4.79 Å². The average Bonchev–Trinajstić information content (AvgIpc) is 2.61. The van der Waals surface area contributed by atoms with Crippen LogP contribution in [-0.2, 0) is 4.74 Å². The molecule has 0 saturated carbocycles. The summed E-state index contributed by atoms with van der Waals surface area (Å²) < 4.78 is 4.73. The van der Waals surface area contributed by atoms with Crippen LogP contribution in [-0.4, -0.2) is 48.7 Å². The van der Waals surface area contributed by atoms with Gasteiger partial charge >= 0.3 is 6.09 Å². The van der Waals surface area contributed by atoms with E-state index in [2.05, 4.69) is 7.05 Å². The van der Waals surface area contributed by atoms with Crippen LogP contribution in [0.3, 0.4) is 0 Å². The highest BCUT2D eigenvalue weighted by Gasteiger charge is 2.40. The van der Waals surface area contributed by atoms with Crippen LogP contribution in [0, 0.1) is 13.0 Å². The first-order valence-corrected chi connectivity index (χ1v) is 4.62. The molecule has 0 unspecified atom stereocenters. The SMILES string of the molecule is [CH2-]N1C[C@H]2CCN(C(=O)OC)[C@H]2C1. The molecule has 0 N–H and O–H groups in total. The van der Waals surface area contributed by atoms with Gasteiger partial charge in [0.2, 0.25) is 0 Å². The van der Waals surface area contributed by atoms with Crippen LogP contribution in [0.5, 0.6) is 0 Å². The Balaban J connectivity index is 2.04. The van der Waals surface area contributed by atoms with E-state index < -0.39 is 0 Å². The molecule has 2 fully saturated rings. The fourth-order valence-electron chi connectivity index (χ4n) is 2.39. The Morgan fingerprint density at radius 1 is 1.54 bits per heavy atom. The number of amides is 1. The first-order chi connectivity index (χ1) is 6.22. The first-order valence-electron chi connectivity index (χ1n) is 4.62. The number of nitrogens with zero attached hydrogens (tertiary/aromatic N) is 2. The van der Waals surface area contributed by atoms with E-state index >= 15 is 0 Å². The minimum atomic E-state index is -0.192. The summed E-state index contributed by atoms with van der Waals surface area (Å²) in [5.41, 5.74) is 0. The Bertz CT molecular complexity index is 220. The molecule has 0 spiro atoms. The standard InChI is InChI=1S/C9H15N2O2/c1-10-5-7-3-4-11(8(7)6-10)9(12)13-2/h7-8H,1,3-6H2,2H3/q-1/t7-,8+/m1/s1. The Morgan fingerprint density at radius 3 is 3.00 bits per heavy atom. The maximum atomic E-state index is 11.3. The molecule has 0 radical (unpaired) electrons. The Morgan fingerprint density at radius 2 is 2.31 bits per heavy atom. The molecule has 74 valence electrons. The summed E-state index contributed by atoms with van der Waals surface area (Å²) in [6, 6.07) is 0.338. The normalized spacial score (nSPS) is 33.5. The summed E-state index contributed by atoms with van der Waals surface area (Å²) in [7, 11) is 5.33. The largest absolute Gasteiger partial charge is 0.457 e. The molecule has 0 aromatic carbocycles. The molecule has 13 heavy (non-hydrogen) atoms. The number of hydrogen-bond donors (Lipinski definition) is 0. The van der Waals surface area contributed by atoms with Crippen molar-refractivity contribution < 1.29 is 9.53 Å². The Hall–Kier alpha value is -0.770. The van der Waals surface area contributed by atoms with Crippen molar-refractivity contribution in [3.63, 3.8) is 0 Å². The monoisotopic (exact) mass is 183 g/mol. The van der Waals surface area contributed by atoms with Crippen molar-refractivity contribution in [2.45, 2.75) is 12.5 Å². The van der Waals surface area contributed by atoms with Gasteiger partial charge in [0.1, 0.15) is 0 Å².